The average Bonchev–Trinajstić information content (AvgIpc) is 2.69. The van der Waals surface area contributed by atoms with Gasteiger partial charge >= 0.3 is 35.7 Å². The quantitative estimate of drug-likeness (QED) is 0.181. The highest BCUT2D eigenvalue weighted by Gasteiger charge is 2.75. The Morgan fingerprint density at radius 3 is 2.00 bits per heavy atom. The molecule has 21 heteroatoms. The predicted molar refractivity (Wildman–Crippen MR) is 89.4 cm³/mol. The van der Waals surface area contributed by atoms with Gasteiger partial charge in [0.1, 0.15) is 4.90 Å². The first-order valence-corrected chi connectivity index (χ1v) is 10.9. The third-order valence-electron chi connectivity index (χ3n) is 3.76. The van der Waals surface area contributed by atoms with Crippen molar-refractivity contribution in [2.24, 2.45) is 0 Å². The van der Waals surface area contributed by atoms with Gasteiger partial charge in [0.2, 0.25) is 0 Å². The van der Waals surface area contributed by atoms with Crippen molar-refractivity contribution in [3.63, 3.8) is 0 Å². The molecule has 8 nitrogen and oxygen atoms in total. The molecule has 0 bridgehead atoms. The Bertz CT molecular complexity index is 1120. The second-order valence-corrected chi connectivity index (χ2v) is 9.65. The summed E-state index contributed by atoms with van der Waals surface area (Å²) in [4.78, 5) is 18.1. The molecule has 0 saturated heterocycles. The summed E-state index contributed by atoms with van der Waals surface area (Å²) in [5.74, 6) is -24.1. The van der Waals surface area contributed by atoms with E-state index in [2.05, 4.69) is 4.74 Å². The molecule has 0 heterocycles. The molecular formula is C14H8F11NO7S2. The molecule has 0 amide bonds. The molecule has 1 atom stereocenters. The van der Waals surface area contributed by atoms with Gasteiger partial charge in [0, 0.05) is 6.07 Å². The van der Waals surface area contributed by atoms with E-state index in [1.807, 2.05) is 0 Å². The van der Waals surface area contributed by atoms with Crippen LogP contribution in [0.3, 0.4) is 0 Å². The van der Waals surface area contributed by atoms with Crippen LogP contribution in [-0.4, -0.2) is 65.6 Å². The lowest BCUT2D eigenvalue weighted by molar-refractivity contribution is -0.388. The fourth-order valence-corrected chi connectivity index (χ4v) is 4.02. The Morgan fingerprint density at radius 2 is 1.57 bits per heavy atom. The molecule has 0 aliphatic rings. The Morgan fingerprint density at radius 1 is 1.06 bits per heavy atom. The predicted octanol–water partition coefficient (Wildman–Crippen LogP) is 3.71. The summed E-state index contributed by atoms with van der Waals surface area (Å²) in [6.45, 7) is -3.03. The number of nitrogens with zero attached hydrogens (tertiary/aromatic N) is 1. The molecule has 1 unspecified atom stereocenters. The van der Waals surface area contributed by atoms with Crippen LogP contribution in [0.2, 0.25) is 0 Å². The fourth-order valence-electron chi connectivity index (χ4n) is 2.07. The largest absolute Gasteiger partial charge is 0.475 e. The molecule has 1 rings (SSSR count). The van der Waals surface area contributed by atoms with Crippen LogP contribution in [0.5, 0.6) is 0 Å². The van der Waals surface area contributed by atoms with E-state index in [9.17, 15) is 75.8 Å². The van der Waals surface area contributed by atoms with Gasteiger partial charge in [-0.2, -0.15) is 39.5 Å². The lowest BCUT2D eigenvalue weighted by atomic mass is 10.1. The van der Waals surface area contributed by atoms with E-state index >= 15 is 0 Å². The van der Waals surface area contributed by atoms with E-state index in [1.54, 1.807) is 0 Å². The number of ether oxygens (including phenoxy) is 1. The summed E-state index contributed by atoms with van der Waals surface area (Å²) < 4.78 is 179. The third-order valence-corrected chi connectivity index (χ3v) is 6.49. The topological polar surface area (TPSA) is 121 Å². The highest BCUT2D eigenvalue weighted by atomic mass is 32.2. The SMILES string of the molecule is O=C(CS(=O)(=O)c1ccc(S(=O)C(F)(F)F)cc1[N+](=O)[O-])OCC(F)(F)C(F)(F)C(F)(F)C(F)F. The van der Waals surface area contributed by atoms with E-state index in [4.69, 9.17) is 0 Å². The number of carbonyl (C=O) groups is 1. The van der Waals surface area contributed by atoms with Crippen molar-refractivity contribution in [2.75, 3.05) is 12.4 Å². The Labute approximate surface area is 188 Å². The van der Waals surface area contributed by atoms with E-state index < -0.39 is 89.1 Å². The number of rotatable bonds is 10. The summed E-state index contributed by atoms with van der Waals surface area (Å²) >= 11 is 0. The van der Waals surface area contributed by atoms with Gasteiger partial charge in [-0.1, -0.05) is 0 Å². The number of carbonyl (C=O) groups excluding carboxylic acids is 1. The van der Waals surface area contributed by atoms with E-state index in [1.165, 1.54) is 0 Å². The Hall–Kier alpha value is -2.58. The zero-order valence-electron chi connectivity index (χ0n) is 16.0. The molecular weight excluding hydrogens is 567 g/mol. The van der Waals surface area contributed by atoms with Crippen LogP contribution < -0.4 is 0 Å². The maximum Gasteiger partial charge on any atom is 0.475 e. The summed E-state index contributed by atoms with van der Waals surface area (Å²) in [5, 5.41) is 11.0. The van der Waals surface area contributed by atoms with Gasteiger partial charge in [-0.25, -0.2) is 21.4 Å². The van der Waals surface area contributed by atoms with Gasteiger partial charge in [-0.15, -0.1) is 0 Å². The van der Waals surface area contributed by atoms with Crippen LogP contribution in [0.4, 0.5) is 54.0 Å². The van der Waals surface area contributed by atoms with Gasteiger partial charge in [-0.05, 0) is 12.1 Å². The van der Waals surface area contributed by atoms with Crippen molar-refractivity contribution in [3.8, 4) is 0 Å². The monoisotopic (exact) mass is 575 g/mol. The molecule has 0 spiro atoms. The van der Waals surface area contributed by atoms with Crippen molar-refractivity contribution in [1.82, 2.24) is 0 Å². The Kier molecular flexibility index (Phi) is 8.54. The van der Waals surface area contributed by atoms with Gasteiger partial charge < -0.3 is 4.74 Å². The molecule has 1 aromatic carbocycles. The van der Waals surface area contributed by atoms with Crippen molar-refractivity contribution < 1.29 is 75.4 Å². The number of sulfone groups is 1. The number of benzene rings is 1. The summed E-state index contributed by atoms with van der Waals surface area (Å²) in [5.41, 5.74) is -7.09. The number of alkyl halides is 11. The maximum absolute atomic E-state index is 13.4. The number of nitro benzene ring substituents is 1. The first-order chi connectivity index (χ1) is 15.5. The zero-order chi connectivity index (χ0) is 27.8. The first-order valence-electron chi connectivity index (χ1n) is 8.06. The smallest absolute Gasteiger partial charge is 0.458 e. The summed E-state index contributed by atoms with van der Waals surface area (Å²) in [7, 11) is -9.22. The Balaban J connectivity index is 3.17. The number of hydrogen-bond acceptors (Lipinski definition) is 7. The van der Waals surface area contributed by atoms with Gasteiger partial charge in [-0.3, -0.25) is 14.9 Å². The van der Waals surface area contributed by atoms with E-state index in [0.29, 0.717) is 0 Å². The zero-order valence-corrected chi connectivity index (χ0v) is 17.6. The minimum absolute atomic E-state index is 0.0890. The van der Waals surface area contributed by atoms with Crippen molar-refractivity contribution in [3.05, 3.63) is 28.3 Å². The highest BCUT2D eigenvalue weighted by molar-refractivity contribution is 7.92. The number of halogens is 11. The lowest BCUT2D eigenvalue weighted by Gasteiger charge is -2.31. The fraction of sp³-hybridized carbons (Fsp3) is 0.500. The molecule has 0 saturated carbocycles. The van der Waals surface area contributed by atoms with Crippen LogP contribution in [0.15, 0.2) is 28.0 Å². The standard InChI is InChI=1S/C14H8F11NO7S2/c15-10(16)12(19,20)13(21,22)11(17,18)5-33-9(27)4-35(31,32)8-2-1-6(3-7(8)26(28)29)34(30)14(23,24)25/h1-3,10H,4-5H2. The average molecular weight is 575 g/mol. The number of nitro groups is 1. The van der Waals surface area contributed by atoms with Crippen LogP contribution in [0, 0.1) is 10.1 Å². The third kappa shape index (κ3) is 6.35. The molecule has 0 N–H and O–H groups in total. The molecule has 200 valence electrons. The van der Waals surface area contributed by atoms with Gasteiger partial charge in [0.15, 0.2) is 33.0 Å². The molecule has 0 radical (unpaired) electrons. The van der Waals surface area contributed by atoms with Crippen LogP contribution in [0.1, 0.15) is 0 Å². The number of esters is 1. The van der Waals surface area contributed by atoms with Crippen molar-refractivity contribution in [2.45, 2.75) is 39.5 Å². The van der Waals surface area contributed by atoms with Gasteiger partial charge in [0.25, 0.3) is 5.69 Å². The van der Waals surface area contributed by atoms with Gasteiger partial charge in [0.05, 0.1) is 9.82 Å². The molecule has 1 aromatic rings. The minimum Gasteiger partial charge on any atom is -0.458 e. The van der Waals surface area contributed by atoms with E-state index in [-0.39, 0.29) is 18.2 Å². The maximum atomic E-state index is 13.4. The number of hydrogen-bond donors (Lipinski definition) is 0. The molecule has 35 heavy (non-hydrogen) atoms. The second-order valence-electron chi connectivity index (χ2n) is 6.22. The molecule has 0 aliphatic carbocycles. The summed E-state index contributed by atoms with van der Waals surface area (Å²) in [6, 6.07) is 0.185. The minimum atomic E-state index is -6.78. The summed E-state index contributed by atoms with van der Waals surface area (Å²) in [6.07, 6.45) is -5.28. The van der Waals surface area contributed by atoms with Crippen LogP contribution in [-0.2, 0) is 30.2 Å². The highest BCUT2D eigenvalue weighted by Crippen LogP contribution is 2.48. The van der Waals surface area contributed by atoms with Crippen LogP contribution >= 0.6 is 0 Å². The molecule has 0 aromatic heterocycles. The molecule has 0 fully saturated rings. The lowest BCUT2D eigenvalue weighted by Crippen LogP contribution is -2.59. The first kappa shape index (κ1) is 30.5. The normalized spacial score (nSPS) is 14.6. The van der Waals surface area contributed by atoms with Crippen molar-refractivity contribution >= 4 is 32.3 Å². The van der Waals surface area contributed by atoms with E-state index in [0.717, 1.165) is 0 Å². The second kappa shape index (κ2) is 9.82. The van der Waals surface area contributed by atoms with Crippen molar-refractivity contribution in [1.29, 1.82) is 0 Å². The van der Waals surface area contributed by atoms with Crippen LogP contribution in [0.25, 0.3) is 0 Å². The molecule has 0 aliphatic heterocycles.